The van der Waals surface area contributed by atoms with Crippen LogP contribution in [0.4, 0.5) is 20.2 Å². The van der Waals surface area contributed by atoms with E-state index in [0.29, 0.717) is 35.6 Å². The number of hydrogen-bond donors (Lipinski definition) is 1. The van der Waals surface area contributed by atoms with Crippen LogP contribution in [0.15, 0.2) is 64.6 Å². The molecule has 0 atom stereocenters. The highest BCUT2D eigenvalue weighted by molar-refractivity contribution is 7.94. The number of sulfonamides is 1. The molecule has 12 heteroatoms. The number of para-hydroxylation sites is 1. The number of nitrogens with zero attached hydrogens (tertiary/aromatic N) is 5. The number of alkyl halides is 1. The number of nitrogens with one attached hydrogen (secondary N) is 1. The van der Waals surface area contributed by atoms with E-state index in [4.69, 9.17) is 0 Å². The summed E-state index contributed by atoms with van der Waals surface area (Å²) in [7, 11) is -2.12. The Morgan fingerprint density at radius 3 is 2.54 bits per heavy atom. The number of piperidine rings is 1. The number of hydrogen-bond acceptors (Lipinski definition) is 7. The number of pyridine rings is 1. The van der Waals surface area contributed by atoms with Crippen LogP contribution in [0.3, 0.4) is 0 Å². The van der Waals surface area contributed by atoms with Crippen molar-refractivity contribution >= 4 is 32.7 Å². The van der Waals surface area contributed by atoms with Gasteiger partial charge in [0.1, 0.15) is 10.5 Å². The van der Waals surface area contributed by atoms with Gasteiger partial charge in [0.25, 0.3) is 10.0 Å². The smallest absolute Gasteiger partial charge is 0.271 e. The first-order valence-corrected chi connectivity index (χ1v) is 13.2. The lowest BCUT2D eigenvalue weighted by Crippen LogP contribution is -2.42. The van der Waals surface area contributed by atoms with Crippen LogP contribution in [0, 0.1) is 5.95 Å². The second-order valence-electron chi connectivity index (χ2n) is 8.33. The topological polar surface area (TPSA) is 93.0 Å². The van der Waals surface area contributed by atoms with Crippen molar-refractivity contribution in [1.82, 2.24) is 19.7 Å². The minimum absolute atomic E-state index is 0.145. The highest BCUT2D eigenvalue weighted by Gasteiger charge is 2.41. The minimum atomic E-state index is -3.83. The van der Waals surface area contributed by atoms with Gasteiger partial charge < -0.3 is 9.47 Å². The molecule has 35 heavy (non-hydrogen) atoms. The van der Waals surface area contributed by atoms with Gasteiger partial charge in [-0.25, -0.2) is 17.8 Å². The van der Waals surface area contributed by atoms with E-state index in [2.05, 4.69) is 19.9 Å². The van der Waals surface area contributed by atoms with Crippen molar-refractivity contribution in [1.29, 1.82) is 0 Å². The van der Waals surface area contributed by atoms with Crippen molar-refractivity contribution in [3.8, 4) is 11.1 Å². The van der Waals surface area contributed by atoms with Gasteiger partial charge in [0.05, 0.1) is 11.4 Å². The fourth-order valence-corrected chi connectivity index (χ4v) is 6.40. The molecule has 0 unspecified atom stereocenters. The van der Waals surface area contributed by atoms with Gasteiger partial charge >= 0.3 is 0 Å². The van der Waals surface area contributed by atoms with Crippen molar-refractivity contribution in [2.75, 3.05) is 22.7 Å². The number of halogens is 2. The molecule has 1 aliphatic heterocycles. The van der Waals surface area contributed by atoms with Crippen LogP contribution in [0.5, 0.6) is 0 Å². The monoisotopic (exact) mass is 516 g/mol. The van der Waals surface area contributed by atoms with E-state index < -0.39 is 21.6 Å². The second kappa shape index (κ2) is 9.00. The number of thiophene rings is 1. The molecule has 1 N–H and O–H groups in total. The quantitative estimate of drug-likeness (QED) is 0.383. The average molecular weight is 517 g/mol. The maximum Gasteiger partial charge on any atom is 0.271 e. The number of aromatic nitrogens is 4. The molecule has 1 fully saturated rings. The molecule has 0 spiro atoms. The largest absolute Gasteiger partial charge is 0.369 e. The molecule has 0 saturated carbocycles. The van der Waals surface area contributed by atoms with Gasteiger partial charge in [-0.2, -0.15) is 4.39 Å². The lowest BCUT2D eigenvalue weighted by atomic mass is 9.91. The third-order valence-electron chi connectivity index (χ3n) is 6.06. The number of benzene rings is 1. The molecule has 3 aromatic heterocycles. The van der Waals surface area contributed by atoms with Crippen LogP contribution < -0.4 is 9.62 Å². The molecule has 4 heterocycles. The van der Waals surface area contributed by atoms with Crippen molar-refractivity contribution in [3.05, 3.63) is 72.1 Å². The fraction of sp³-hybridized carbons (Fsp3) is 0.261. The summed E-state index contributed by atoms with van der Waals surface area (Å²) in [6, 6.07) is 11.2. The maximum atomic E-state index is 15.8. The third kappa shape index (κ3) is 4.50. The summed E-state index contributed by atoms with van der Waals surface area (Å²) in [5, 5.41) is 9.46. The van der Waals surface area contributed by atoms with E-state index in [1.807, 2.05) is 11.0 Å². The Labute approximate surface area is 205 Å². The van der Waals surface area contributed by atoms with E-state index in [0.717, 1.165) is 11.3 Å². The highest BCUT2D eigenvalue weighted by atomic mass is 32.2. The molecule has 1 aliphatic rings. The van der Waals surface area contributed by atoms with E-state index in [-0.39, 0.29) is 22.9 Å². The summed E-state index contributed by atoms with van der Waals surface area (Å²) in [5.74, 6) is -0.347. The van der Waals surface area contributed by atoms with E-state index in [9.17, 15) is 12.8 Å². The zero-order valence-electron chi connectivity index (χ0n) is 18.7. The Balaban J connectivity index is 1.54. The Hall–Kier alpha value is -3.38. The molecule has 182 valence electrons. The summed E-state index contributed by atoms with van der Waals surface area (Å²) in [4.78, 5) is 5.70. The van der Waals surface area contributed by atoms with Crippen LogP contribution in [0.25, 0.3) is 11.1 Å². The lowest BCUT2D eigenvalue weighted by Gasteiger charge is -2.38. The molecule has 8 nitrogen and oxygen atoms in total. The van der Waals surface area contributed by atoms with E-state index >= 15 is 4.39 Å². The van der Waals surface area contributed by atoms with Gasteiger partial charge in [0.15, 0.2) is 11.5 Å². The summed E-state index contributed by atoms with van der Waals surface area (Å²) in [6.07, 6.45) is 3.16. The first-order chi connectivity index (χ1) is 16.8. The van der Waals surface area contributed by atoms with Crippen LogP contribution in [-0.2, 0) is 22.7 Å². The molecule has 1 aromatic carbocycles. The molecular weight excluding hydrogens is 494 g/mol. The summed E-state index contributed by atoms with van der Waals surface area (Å²) < 4.78 is 59.8. The van der Waals surface area contributed by atoms with Crippen molar-refractivity contribution in [3.63, 3.8) is 0 Å². The summed E-state index contributed by atoms with van der Waals surface area (Å²) in [5.41, 5.74) is 0.564. The molecule has 0 aliphatic carbocycles. The predicted octanol–water partition coefficient (Wildman–Crippen LogP) is 4.34. The zero-order chi connectivity index (χ0) is 24.6. The van der Waals surface area contributed by atoms with E-state index in [1.54, 1.807) is 41.3 Å². The van der Waals surface area contributed by atoms with Crippen molar-refractivity contribution < 1.29 is 17.2 Å². The Kier molecular flexibility index (Phi) is 6.01. The average Bonchev–Trinajstić information content (AvgIpc) is 3.53. The van der Waals surface area contributed by atoms with Gasteiger partial charge in [0, 0.05) is 50.3 Å². The Morgan fingerprint density at radius 1 is 1.11 bits per heavy atom. The SMILES string of the molecule is Cn1cnnc1C1(F)CCN(c2c(NS(=O)(=O)c3cccs3)cccc2-c2ccc(F)nc2)CC1. The van der Waals surface area contributed by atoms with Crippen molar-refractivity contribution in [2.45, 2.75) is 22.7 Å². The molecule has 1 saturated heterocycles. The molecule has 0 bridgehead atoms. The standard InChI is InChI=1S/C23H22F2N6O2S2/c1-30-15-27-28-22(30)23(25)9-11-31(12-10-23)21-17(16-7-8-19(24)26-14-16)4-2-5-18(21)29-35(32,33)20-6-3-13-34-20/h2-8,13-15,29H,9-12H2,1H3. The number of rotatable bonds is 6. The number of aryl methyl sites for hydroxylation is 1. The van der Waals surface area contributed by atoms with Gasteiger partial charge in [-0.3, -0.25) is 4.72 Å². The molecule has 5 rings (SSSR count). The fourth-order valence-electron chi connectivity index (χ4n) is 4.34. The molecule has 0 radical (unpaired) electrons. The molecular formula is C23H22F2N6O2S2. The highest BCUT2D eigenvalue weighted by Crippen LogP contribution is 2.43. The second-order valence-corrected chi connectivity index (χ2v) is 11.2. The zero-order valence-corrected chi connectivity index (χ0v) is 20.4. The van der Waals surface area contributed by atoms with Gasteiger partial charge in [-0.15, -0.1) is 21.5 Å². The van der Waals surface area contributed by atoms with Crippen LogP contribution in [0.2, 0.25) is 0 Å². The van der Waals surface area contributed by atoms with E-state index in [1.165, 1.54) is 24.7 Å². The van der Waals surface area contributed by atoms with Crippen molar-refractivity contribution in [2.24, 2.45) is 7.05 Å². The van der Waals surface area contributed by atoms with Gasteiger partial charge in [-0.05, 0) is 29.6 Å². The van der Waals surface area contributed by atoms with Crippen LogP contribution in [0.1, 0.15) is 18.7 Å². The minimum Gasteiger partial charge on any atom is -0.369 e. The third-order valence-corrected chi connectivity index (χ3v) is 8.83. The van der Waals surface area contributed by atoms with Gasteiger partial charge in [0.2, 0.25) is 5.95 Å². The maximum absolute atomic E-state index is 15.8. The van der Waals surface area contributed by atoms with Crippen LogP contribution >= 0.6 is 11.3 Å². The Morgan fingerprint density at radius 2 is 1.91 bits per heavy atom. The van der Waals surface area contributed by atoms with Gasteiger partial charge in [-0.1, -0.05) is 18.2 Å². The Bertz CT molecular complexity index is 1430. The normalized spacial score (nSPS) is 15.8. The van der Waals surface area contributed by atoms with Crippen LogP contribution in [-0.4, -0.2) is 41.3 Å². The molecule has 0 amide bonds. The predicted molar refractivity (Wildman–Crippen MR) is 130 cm³/mol. The first-order valence-electron chi connectivity index (χ1n) is 10.9. The number of anilines is 2. The first kappa shape index (κ1) is 23.4. The lowest BCUT2D eigenvalue weighted by molar-refractivity contribution is 0.109. The summed E-state index contributed by atoms with van der Waals surface area (Å²) in [6.45, 7) is 0.617. The molecule has 4 aromatic rings. The summed E-state index contributed by atoms with van der Waals surface area (Å²) >= 11 is 1.11.